The number of hydrogen-bond acceptors (Lipinski definition) is 3. The fourth-order valence-electron chi connectivity index (χ4n) is 2.15. The molecule has 0 aliphatic rings. The lowest BCUT2D eigenvalue weighted by molar-refractivity contribution is -0.117. The van der Waals surface area contributed by atoms with Crippen LogP contribution in [0, 0.1) is 5.92 Å². The monoisotopic (exact) mass is 286 g/mol. The van der Waals surface area contributed by atoms with Crippen molar-refractivity contribution in [2.24, 2.45) is 11.7 Å². The van der Waals surface area contributed by atoms with Crippen LogP contribution < -0.4 is 11.1 Å². The van der Waals surface area contributed by atoms with Gasteiger partial charge in [0.15, 0.2) is 0 Å². The minimum atomic E-state index is -0.00781. The smallest absolute Gasteiger partial charge is 0.224 e. The Kier molecular flexibility index (Phi) is 5.51. The Bertz CT molecular complexity index is 561. The highest BCUT2D eigenvalue weighted by Crippen LogP contribution is 2.11. The fourth-order valence-corrected chi connectivity index (χ4v) is 2.15. The second kappa shape index (κ2) is 7.59. The summed E-state index contributed by atoms with van der Waals surface area (Å²) in [5.41, 5.74) is 7.52. The van der Waals surface area contributed by atoms with E-state index < -0.39 is 0 Å². The Balaban J connectivity index is 1.89. The van der Waals surface area contributed by atoms with Crippen molar-refractivity contribution in [1.82, 2.24) is 9.78 Å². The molecule has 1 aromatic heterocycles. The zero-order valence-electron chi connectivity index (χ0n) is 12.3. The van der Waals surface area contributed by atoms with Gasteiger partial charge in [-0.15, -0.1) is 0 Å². The van der Waals surface area contributed by atoms with Gasteiger partial charge in [-0.2, -0.15) is 5.10 Å². The SMILES string of the molecule is CCC(CN)CC(=O)Nc1cnn(Cc2ccccc2)c1. The maximum atomic E-state index is 11.9. The van der Waals surface area contributed by atoms with E-state index in [4.69, 9.17) is 5.73 Å². The highest BCUT2D eigenvalue weighted by atomic mass is 16.1. The molecule has 1 aromatic carbocycles. The number of rotatable bonds is 7. The van der Waals surface area contributed by atoms with Crippen molar-refractivity contribution < 1.29 is 4.79 Å². The van der Waals surface area contributed by atoms with Gasteiger partial charge in [0.25, 0.3) is 0 Å². The average Bonchev–Trinajstić information content (AvgIpc) is 2.92. The van der Waals surface area contributed by atoms with Crippen LogP contribution in [0.15, 0.2) is 42.7 Å². The summed E-state index contributed by atoms with van der Waals surface area (Å²) in [5.74, 6) is 0.232. The van der Waals surface area contributed by atoms with Crippen LogP contribution in [0.5, 0.6) is 0 Å². The Hall–Kier alpha value is -2.14. The van der Waals surface area contributed by atoms with Crippen molar-refractivity contribution in [3.8, 4) is 0 Å². The molecule has 5 nitrogen and oxygen atoms in total. The molecule has 0 saturated heterocycles. The van der Waals surface area contributed by atoms with Crippen LogP contribution in [0.4, 0.5) is 5.69 Å². The molecule has 0 saturated carbocycles. The number of carbonyl (C=O) groups excluding carboxylic acids is 1. The van der Waals surface area contributed by atoms with Crippen LogP contribution in [0.25, 0.3) is 0 Å². The lowest BCUT2D eigenvalue weighted by atomic mass is 10.0. The Morgan fingerprint density at radius 2 is 2.14 bits per heavy atom. The molecule has 0 fully saturated rings. The molecular weight excluding hydrogens is 264 g/mol. The van der Waals surface area contributed by atoms with Gasteiger partial charge >= 0.3 is 0 Å². The molecule has 21 heavy (non-hydrogen) atoms. The second-order valence-corrected chi connectivity index (χ2v) is 5.17. The minimum Gasteiger partial charge on any atom is -0.330 e. The highest BCUT2D eigenvalue weighted by molar-refractivity contribution is 5.90. The number of benzene rings is 1. The van der Waals surface area contributed by atoms with E-state index in [1.54, 1.807) is 6.20 Å². The highest BCUT2D eigenvalue weighted by Gasteiger charge is 2.11. The number of nitrogens with two attached hydrogens (primary N) is 1. The predicted molar refractivity (Wildman–Crippen MR) is 83.9 cm³/mol. The molecule has 3 N–H and O–H groups in total. The Labute approximate surface area is 125 Å². The number of hydrogen-bond donors (Lipinski definition) is 2. The van der Waals surface area contributed by atoms with Gasteiger partial charge in [0.1, 0.15) is 0 Å². The van der Waals surface area contributed by atoms with E-state index in [9.17, 15) is 4.79 Å². The zero-order valence-corrected chi connectivity index (χ0v) is 12.3. The molecule has 0 spiro atoms. The molecule has 0 bridgehead atoms. The van der Waals surface area contributed by atoms with Crippen molar-refractivity contribution in [3.63, 3.8) is 0 Å². The first kappa shape index (κ1) is 15.3. The number of aromatic nitrogens is 2. The van der Waals surface area contributed by atoms with E-state index in [2.05, 4.69) is 10.4 Å². The summed E-state index contributed by atoms with van der Waals surface area (Å²) in [4.78, 5) is 11.9. The van der Waals surface area contributed by atoms with Gasteiger partial charge < -0.3 is 11.1 Å². The molecule has 0 aliphatic carbocycles. The van der Waals surface area contributed by atoms with Gasteiger partial charge in [0.05, 0.1) is 18.4 Å². The van der Waals surface area contributed by atoms with Crippen LogP contribution in [0.1, 0.15) is 25.3 Å². The number of nitrogens with one attached hydrogen (secondary N) is 1. The summed E-state index contributed by atoms with van der Waals surface area (Å²) < 4.78 is 1.81. The Morgan fingerprint density at radius 1 is 1.38 bits per heavy atom. The normalized spacial score (nSPS) is 12.1. The molecule has 1 unspecified atom stereocenters. The largest absolute Gasteiger partial charge is 0.330 e. The number of nitrogens with zero attached hydrogens (tertiary/aromatic N) is 2. The summed E-state index contributed by atoms with van der Waals surface area (Å²) in [7, 11) is 0. The molecule has 0 aliphatic heterocycles. The summed E-state index contributed by atoms with van der Waals surface area (Å²) in [6.07, 6.45) is 4.88. The molecule has 2 aromatic rings. The molecule has 1 heterocycles. The third-order valence-corrected chi connectivity index (χ3v) is 3.49. The lowest BCUT2D eigenvalue weighted by Gasteiger charge is -2.10. The number of carbonyl (C=O) groups is 1. The zero-order chi connectivity index (χ0) is 15.1. The van der Waals surface area contributed by atoms with Crippen molar-refractivity contribution in [3.05, 3.63) is 48.3 Å². The van der Waals surface area contributed by atoms with Crippen molar-refractivity contribution >= 4 is 11.6 Å². The lowest BCUT2D eigenvalue weighted by Crippen LogP contribution is -2.21. The van der Waals surface area contributed by atoms with Crippen LogP contribution in [-0.2, 0) is 11.3 Å². The molecule has 112 valence electrons. The fraction of sp³-hybridized carbons (Fsp3) is 0.375. The summed E-state index contributed by atoms with van der Waals surface area (Å²) in [5, 5.41) is 7.13. The molecule has 1 amide bonds. The maximum Gasteiger partial charge on any atom is 0.224 e. The first-order chi connectivity index (χ1) is 10.2. The molecule has 2 rings (SSSR count). The van der Waals surface area contributed by atoms with E-state index >= 15 is 0 Å². The van der Waals surface area contributed by atoms with Crippen LogP contribution >= 0.6 is 0 Å². The standard InChI is InChI=1S/C16H22N4O/c1-2-13(9-17)8-16(21)19-15-10-18-20(12-15)11-14-6-4-3-5-7-14/h3-7,10,12-13H,2,8-9,11,17H2,1H3,(H,19,21). The van der Waals surface area contributed by atoms with E-state index in [0.717, 1.165) is 12.1 Å². The first-order valence-electron chi connectivity index (χ1n) is 7.27. The van der Waals surface area contributed by atoms with Gasteiger partial charge in [0.2, 0.25) is 5.91 Å². The molecule has 0 radical (unpaired) electrons. The third kappa shape index (κ3) is 4.72. The number of anilines is 1. The van der Waals surface area contributed by atoms with Crippen molar-refractivity contribution in [2.75, 3.05) is 11.9 Å². The van der Waals surface area contributed by atoms with Gasteiger partial charge in [0, 0.05) is 12.6 Å². The molecular formula is C16H22N4O. The van der Waals surface area contributed by atoms with Gasteiger partial charge in [-0.1, -0.05) is 43.7 Å². The summed E-state index contributed by atoms with van der Waals surface area (Å²) in [6, 6.07) is 10.1. The minimum absolute atomic E-state index is 0.00781. The second-order valence-electron chi connectivity index (χ2n) is 5.17. The predicted octanol–water partition coefficient (Wildman–Crippen LogP) is 2.24. The quantitative estimate of drug-likeness (QED) is 0.820. The molecule has 1 atom stereocenters. The van der Waals surface area contributed by atoms with Crippen molar-refractivity contribution in [1.29, 1.82) is 0 Å². The first-order valence-corrected chi connectivity index (χ1v) is 7.27. The van der Waals surface area contributed by atoms with E-state index in [1.807, 2.05) is 48.1 Å². The number of amides is 1. The summed E-state index contributed by atoms with van der Waals surface area (Å²) in [6.45, 7) is 3.27. The van der Waals surface area contributed by atoms with Crippen molar-refractivity contribution in [2.45, 2.75) is 26.3 Å². The van der Waals surface area contributed by atoms with Gasteiger partial charge in [-0.25, -0.2) is 0 Å². The van der Waals surface area contributed by atoms with Gasteiger partial charge in [-0.05, 0) is 18.0 Å². The van der Waals surface area contributed by atoms with Crippen LogP contribution in [-0.4, -0.2) is 22.2 Å². The average molecular weight is 286 g/mol. The third-order valence-electron chi connectivity index (χ3n) is 3.49. The summed E-state index contributed by atoms with van der Waals surface area (Å²) >= 11 is 0. The van der Waals surface area contributed by atoms with E-state index in [-0.39, 0.29) is 11.8 Å². The van der Waals surface area contributed by atoms with Gasteiger partial charge in [-0.3, -0.25) is 9.48 Å². The molecule has 5 heteroatoms. The topological polar surface area (TPSA) is 72.9 Å². The van der Waals surface area contributed by atoms with E-state index in [0.29, 0.717) is 19.5 Å². The van der Waals surface area contributed by atoms with Crippen LogP contribution in [0.2, 0.25) is 0 Å². The Morgan fingerprint density at radius 3 is 2.81 bits per heavy atom. The van der Waals surface area contributed by atoms with E-state index in [1.165, 1.54) is 5.56 Å². The maximum absolute atomic E-state index is 11.9. The van der Waals surface area contributed by atoms with Crippen LogP contribution in [0.3, 0.4) is 0 Å².